The summed E-state index contributed by atoms with van der Waals surface area (Å²) in [6.45, 7) is -0.165. The molecule has 2 aliphatic carbocycles. The maximum absolute atomic E-state index is 9.85. The first-order chi connectivity index (χ1) is 9.19. The standard InChI is InChI=1S/C16H18O3/c17-9-13-8-11(2-5-15(13)18)10-1-4-14-12(7-10)3-6-16(14)19/h1-2,4-5,7-8,12,14,16-19H,3,6,9H2. The molecule has 3 atom stereocenters. The third-order valence-electron chi connectivity index (χ3n) is 4.21. The number of aliphatic hydroxyl groups excluding tert-OH is 2. The van der Waals surface area contributed by atoms with Crippen LogP contribution in [0.5, 0.6) is 5.75 Å². The number of allylic oxidation sites excluding steroid dienone is 3. The highest BCUT2D eigenvalue weighted by atomic mass is 16.3. The molecule has 3 rings (SSSR count). The highest BCUT2D eigenvalue weighted by Crippen LogP contribution is 2.40. The van der Waals surface area contributed by atoms with Gasteiger partial charge in [-0.1, -0.05) is 24.3 Å². The molecule has 1 fully saturated rings. The molecule has 100 valence electrons. The summed E-state index contributed by atoms with van der Waals surface area (Å²) in [4.78, 5) is 0. The predicted molar refractivity (Wildman–Crippen MR) is 73.4 cm³/mol. The minimum atomic E-state index is -0.216. The number of rotatable bonds is 2. The van der Waals surface area contributed by atoms with Crippen LogP contribution < -0.4 is 0 Å². The van der Waals surface area contributed by atoms with Gasteiger partial charge in [-0.2, -0.15) is 0 Å². The number of aromatic hydroxyl groups is 1. The van der Waals surface area contributed by atoms with Gasteiger partial charge in [-0.15, -0.1) is 0 Å². The molecule has 3 nitrogen and oxygen atoms in total. The number of benzene rings is 1. The van der Waals surface area contributed by atoms with Crippen LogP contribution in [0, 0.1) is 11.8 Å². The smallest absolute Gasteiger partial charge is 0.121 e. The van der Waals surface area contributed by atoms with Crippen LogP contribution in [0.2, 0.25) is 0 Å². The molecule has 0 bridgehead atoms. The fourth-order valence-corrected chi connectivity index (χ4v) is 3.08. The van der Waals surface area contributed by atoms with Crippen molar-refractivity contribution in [2.45, 2.75) is 25.6 Å². The van der Waals surface area contributed by atoms with Gasteiger partial charge in [0.25, 0.3) is 0 Å². The van der Waals surface area contributed by atoms with Crippen molar-refractivity contribution in [3.05, 3.63) is 47.6 Å². The zero-order chi connectivity index (χ0) is 13.4. The van der Waals surface area contributed by atoms with Crippen LogP contribution >= 0.6 is 0 Å². The van der Waals surface area contributed by atoms with Crippen LogP contribution in [-0.4, -0.2) is 21.4 Å². The van der Waals surface area contributed by atoms with Gasteiger partial charge in [0.2, 0.25) is 0 Å². The lowest BCUT2D eigenvalue weighted by Crippen LogP contribution is -2.17. The summed E-state index contributed by atoms with van der Waals surface area (Å²) in [7, 11) is 0. The Morgan fingerprint density at radius 1 is 1.21 bits per heavy atom. The van der Waals surface area contributed by atoms with E-state index in [1.54, 1.807) is 6.07 Å². The lowest BCUT2D eigenvalue weighted by Gasteiger charge is -2.21. The first-order valence-corrected chi connectivity index (χ1v) is 6.70. The summed E-state index contributed by atoms with van der Waals surface area (Å²) in [5.41, 5.74) is 2.64. The van der Waals surface area contributed by atoms with Crippen LogP contribution in [0.25, 0.3) is 5.57 Å². The van der Waals surface area contributed by atoms with Crippen LogP contribution in [0.15, 0.2) is 36.4 Å². The van der Waals surface area contributed by atoms with E-state index >= 15 is 0 Å². The largest absolute Gasteiger partial charge is 0.508 e. The Morgan fingerprint density at radius 2 is 2.05 bits per heavy atom. The van der Waals surface area contributed by atoms with E-state index in [0.717, 1.165) is 24.0 Å². The zero-order valence-corrected chi connectivity index (χ0v) is 10.7. The molecule has 1 aromatic carbocycles. The number of hydrogen-bond donors (Lipinski definition) is 3. The van der Waals surface area contributed by atoms with Gasteiger partial charge < -0.3 is 15.3 Å². The average Bonchev–Trinajstić information content (AvgIpc) is 2.80. The summed E-state index contributed by atoms with van der Waals surface area (Å²) in [5, 5.41) is 28.6. The quantitative estimate of drug-likeness (QED) is 0.762. The van der Waals surface area contributed by atoms with E-state index in [4.69, 9.17) is 0 Å². The average molecular weight is 258 g/mol. The van der Waals surface area contributed by atoms with Crippen molar-refractivity contribution in [2.75, 3.05) is 0 Å². The van der Waals surface area contributed by atoms with E-state index < -0.39 is 0 Å². The minimum Gasteiger partial charge on any atom is -0.508 e. The number of hydrogen-bond acceptors (Lipinski definition) is 3. The molecule has 1 saturated carbocycles. The second-order valence-corrected chi connectivity index (χ2v) is 5.37. The predicted octanol–water partition coefficient (Wildman–Crippen LogP) is 2.22. The Labute approximate surface area is 112 Å². The third-order valence-corrected chi connectivity index (χ3v) is 4.21. The maximum Gasteiger partial charge on any atom is 0.121 e. The van der Waals surface area contributed by atoms with Crippen LogP contribution in [0.4, 0.5) is 0 Å². The maximum atomic E-state index is 9.85. The molecule has 0 saturated heterocycles. The van der Waals surface area contributed by atoms with Gasteiger partial charge in [0.1, 0.15) is 5.75 Å². The van der Waals surface area contributed by atoms with E-state index in [0.29, 0.717) is 11.5 Å². The summed E-state index contributed by atoms with van der Waals surface area (Å²) < 4.78 is 0. The van der Waals surface area contributed by atoms with Crippen LogP contribution in [0.3, 0.4) is 0 Å². The summed E-state index contributed by atoms with van der Waals surface area (Å²) >= 11 is 0. The normalized spacial score (nSPS) is 29.2. The Balaban J connectivity index is 1.91. The van der Waals surface area contributed by atoms with Crippen molar-refractivity contribution in [1.29, 1.82) is 0 Å². The lowest BCUT2D eigenvalue weighted by atomic mass is 9.85. The van der Waals surface area contributed by atoms with Crippen molar-refractivity contribution in [3.8, 4) is 5.75 Å². The van der Waals surface area contributed by atoms with Crippen LogP contribution in [0.1, 0.15) is 24.0 Å². The minimum absolute atomic E-state index is 0.126. The first kappa shape index (κ1) is 12.5. The third kappa shape index (κ3) is 2.20. The Kier molecular flexibility index (Phi) is 3.17. The molecule has 3 heteroatoms. The molecule has 19 heavy (non-hydrogen) atoms. The number of aliphatic hydroxyl groups is 2. The van der Waals surface area contributed by atoms with Gasteiger partial charge in [-0.25, -0.2) is 0 Å². The molecule has 2 aliphatic rings. The molecule has 0 radical (unpaired) electrons. The van der Waals surface area contributed by atoms with Gasteiger partial charge in [-0.05, 0) is 42.0 Å². The Hall–Kier alpha value is -1.58. The molecular formula is C16H18O3. The van der Waals surface area contributed by atoms with Crippen molar-refractivity contribution >= 4 is 5.57 Å². The monoisotopic (exact) mass is 258 g/mol. The molecular weight excluding hydrogens is 240 g/mol. The summed E-state index contributed by atoms with van der Waals surface area (Å²) in [6, 6.07) is 5.29. The molecule has 1 aromatic rings. The van der Waals surface area contributed by atoms with Gasteiger partial charge in [0, 0.05) is 11.5 Å². The molecule has 0 amide bonds. The van der Waals surface area contributed by atoms with Gasteiger partial charge in [-0.3, -0.25) is 0 Å². The zero-order valence-electron chi connectivity index (χ0n) is 10.7. The molecule has 0 aliphatic heterocycles. The number of phenols is 1. The van der Waals surface area contributed by atoms with Crippen molar-refractivity contribution in [3.63, 3.8) is 0 Å². The molecule has 3 N–H and O–H groups in total. The molecule has 0 heterocycles. The summed E-state index contributed by atoms with van der Waals surface area (Å²) in [5.74, 6) is 0.778. The second kappa shape index (κ2) is 4.83. The van der Waals surface area contributed by atoms with Gasteiger partial charge >= 0.3 is 0 Å². The van der Waals surface area contributed by atoms with Crippen molar-refractivity contribution in [1.82, 2.24) is 0 Å². The van der Waals surface area contributed by atoms with E-state index in [2.05, 4.69) is 12.2 Å². The Bertz CT molecular complexity index is 545. The second-order valence-electron chi connectivity index (χ2n) is 5.37. The lowest BCUT2D eigenvalue weighted by molar-refractivity contribution is 0.146. The Morgan fingerprint density at radius 3 is 2.84 bits per heavy atom. The molecule has 0 spiro atoms. The molecule has 3 unspecified atom stereocenters. The van der Waals surface area contributed by atoms with Gasteiger partial charge in [0.05, 0.1) is 12.7 Å². The van der Waals surface area contributed by atoms with Crippen LogP contribution in [-0.2, 0) is 6.61 Å². The number of fused-ring (bicyclic) bond motifs is 1. The van der Waals surface area contributed by atoms with E-state index in [1.165, 1.54) is 0 Å². The highest BCUT2D eigenvalue weighted by molar-refractivity contribution is 5.76. The van der Waals surface area contributed by atoms with E-state index in [9.17, 15) is 15.3 Å². The fraction of sp³-hybridized carbons (Fsp3) is 0.375. The fourth-order valence-electron chi connectivity index (χ4n) is 3.08. The van der Waals surface area contributed by atoms with Crippen molar-refractivity contribution in [2.24, 2.45) is 11.8 Å². The SMILES string of the molecule is OCc1cc(C2=CC3CCC(O)C3C=C2)ccc1O. The van der Waals surface area contributed by atoms with Gasteiger partial charge in [0.15, 0.2) is 0 Å². The summed E-state index contributed by atoms with van der Waals surface area (Å²) in [6.07, 6.45) is 7.98. The first-order valence-electron chi connectivity index (χ1n) is 6.70. The van der Waals surface area contributed by atoms with Crippen molar-refractivity contribution < 1.29 is 15.3 Å². The highest BCUT2D eigenvalue weighted by Gasteiger charge is 2.33. The van der Waals surface area contributed by atoms with E-state index in [-0.39, 0.29) is 24.4 Å². The molecule has 0 aromatic heterocycles. The van der Waals surface area contributed by atoms with E-state index in [1.807, 2.05) is 18.2 Å². The topological polar surface area (TPSA) is 60.7 Å².